The fraction of sp³-hybridized carbons (Fsp3) is 0.583. The van der Waals surface area contributed by atoms with E-state index in [1.807, 2.05) is 7.05 Å². The highest BCUT2D eigenvalue weighted by atomic mass is 15.2. The summed E-state index contributed by atoms with van der Waals surface area (Å²) in [6.45, 7) is 2.08. The Morgan fingerprint density at radius 3 is 3.11 bits per heavy atom. The van der Waals surface area contributed by atoms with Gasteiger partial charge in [0.05, 0.1) is 11.6 Å². The predicted octanol–water partition coefficient (Wildman–Crippen LogP) is 0.901. The molecule has 1 saturated heterocycles. The molecule has 7 heteroatoms. The van der Waals surface area contributed by atoms with Crippen LogP contribution >= 0.6 is 0 Å². The van der Waals surface area contributed by atoms with Gasteiger partial charge >= 0.3 is 0 Å². The van der Waals surface area contributed by atoms with Crippen molar-refractivity contribution in [3.8, 4) is 0 Å². The van der Waals surface area contributed by atoms with E-state index < -0.39 is 0 Å². The zero-order valence-electron chi connectivity index (χ0n) is 11.3. The average Bonchev–Trinajstić information content (AvgIpc) is 3.04. The number of aromatic amines is 1. The molecule has 102 valence electrons. The predicted molar refractivity (Wildman–Crippen MR) is 75.4 cm³/mol. The molecule has 3 heterocycles. The maximum absolute atomic E-state index is 4.47. The molecule has 2 aromatic rings. The summed E-state index contributed by atoms with van der Waals surface area (Å²) in [5, 5.41) is 14.2. The van der Waals surface area contributed by atoms with Crippen LogP contribution in [0.4, 0.5) is 11.8 Å². The summed E-state index contributed by atoms with van der Waals surface area (Å²) < 4.78 is 0. The molecule has 3 rings (SSSR count). The summed E-state index contributed by atoms with van der Waals surface area (Å²) in [6.07, 6.45) is 4.27. The van der Waals surface area contributed by atoms with E-state index in [4.69, 9.17) is 0 Å². The van der Waals surface area contributed by atoms with E-state index in [0.717, 1.165) is 23.4 Å². The molecule has 1 aliphatic rings. The SMILES string of the molecule is CNc1nc(NCC2CCCN2C)c2cn[nH]c2n1. The van der Waals surface area contributed by atoms with Crippen LogP contribution in [0, 0.1) is 0 Å². The quantitative estimate of drug-likeness (QED) is 0.758. The molecular weight excluding hydrogens is 242 g/mol. The zero-order valence-corrected chi connectivity index (χ0v) is 11.3. The molecule has 0 aliphatic carbocycles. The van der Waals surface area contributed by atoms with Gasteiger partial charge in [0.1, 0.15) is 5.82 Å². The first-order chi connectivity index (χ1) is 9.28. The molecule has 0 saturated carbocycles. The summed E-state index contributed by atoms with van der Waals surface area (Å²) in [7, 11) is 3.98. The van der Waals surface area contributed by atoms with Gasteiger partial charge in [-0.1, -0.05) is 0 Å². The average molecular weight is 261 g/mol. The van der Waals surface area contributed by atoms with Crippen molar-refractivity contribution in [1.29, 1.82) is 0 Å². The Balaban J connectivity index is 1.81. The topological polar surface area (TPSA) is 81.8 Å². The first-order valence-corrected chi connectivity index (χ1v) is 6.61. The van der Waals surface area contributed by atoms with Crippen molar-refractivity contribution in [3.63, 3.8) is 0 Å². The number of H-pyrrole nitrogens is 1. The van der Waals surface area contributed by atoms with Crippen molar-refractivity contribution in [2.75, 3.05) is 37.8 Å². The normalized spacial score (nSPS) is 20.0. The molecule has 7 nitrogen and oxygen atoms in total. The lowest BCUT2D eigenvalue weighted by Crippen LogP contribution is -2.31. The van der Waals surface area contributed by atoms with Crippen molar-refractivity contribution < 1.29 is 0 Å². The van der Waals surface area contributed by atoms with Crippen molar-refractivity contribution in [3.05, 3.63) is 6.20 Å². The summed E-state index contributed by atoms with van der Waals surface area (Å²) in [5.41, 5.74) is 0.752. The highest BCUT2D eigenvalue weighted by Crippen LogP contribution is 2.21. The maximum Gasteiger partial charge on any atom is 0.226 e. The molecule has 0 radical (unpaired) electrons. The number of anilines is 2. The van der Waals surface area contributed by atoms with Crippen LogP contribution in [0.3, 0.4) is 0 Å². The Labute approximate surface area is 111 Å². The standard InChI is InChI=1S/C12H19N7/c1-13-12-16-10(9-7-15-18-11(9)17-12)14-6-8-4-3-5-19(8)2/h7-8H,3-6H2,1-2H3,(H3,13,14,15,16,17,18). The molecule has 0 aromatic carbocycles. The molecule has 1 fully saturated rings. The fourth-order valence-corrected chi connectivity index (χ4v) is 2.53. The Hall–Kier alpha value is -1.89. The van der Waals surface area contributed by atoms with Gasteiger partial charge in [-0.25, -0.2) is 0 Å². The van der Waals surface area contributed by atoms with Crippen molar-refractivity contribution >= 4 is 22.8 Å². The lowest BCUT2D eigenvalue weighted by molar-refractivity contribution is 0.322. The van der Waals surface area contributed by atoms with Gasteiger partial charge in [0.15, 0.2) is 5.65 Å². The second-order valence-electron chi connectivity index (χ2n) is 4.94. The summed E-state index contributed by atoms with van der Waals surface area (Å²) in [4.78, 5) is 11.2. The van der Waals surface area contributed by atoms with E-state index >= 15 is 0 Å². The largest absolute Gasteiger partial charge is 0.368 e. The molecule has 0 spiro atoms. The first kappa shape index (κ1) is 12.2. The molecule has 3 N–H and O–H groups in total. The van der Waals surface area contributed by atoms with Crippen LogP contribution in [0.5, 0.6) is 0 Å². The van der Waals surface area contributed by atoms with E-state index in [0.29, 0.717) is 12.0 Å². The molecule has 2 aromatic heterocycles. The van der Waals surface area contributed by atoms with Gasteiger partial charge in [0.2, 0.25) is 5.95 Å². The van der Waals surface area contributed by atoms with E-state index in [-0.39, 0.29) is 0 Å². The first-order valence-electron chi connectivity index (χ1n) is 6.61. The van der Waals surface area contributed by atoms with Gasteiger partial charge in [-0.05, 0) is 26.4 Å². The van der Waals surface area contributed by atoms with E-state index in [2.05, 4.69) is 42.7 Å². The minimum atomic E-state index is 0.579. The molecule has 1 atom stereocenters. The van der Waals surface area contributed by atoms with Gasteiger partial charge in [-0.2, -0.15) is 15.1 Å². The third kappa shape index (κ3) is 2.33. The number of nitrogens with one attached hydrogen (secondary N) is 3. The fourth-order valence-electron chi connectivity index (χ4n) is 2.53. The van der Waals surface area contributed by atoms with Gasteiger partial charge in [0.25, 0.3) is 0 Å². The van der Waals surface area contributed by atoms with Crippen molar-refractivity contribution in [2.45, 2.75) is 18.9 Å². The van der Waals surface area contributed by atoms with Crippen LogP contribution in [0.25, 0.3) is 11.0 Å². The Kier molecular flexibility index (Phi) is 3.20. The van der Waals surface area contributed by atoms with Crippen molar-refractivity contribution in [2.24, 2.45) is 0 Å². The lowest BCUT2D eigenvalue weighted by atomic mass is 10.2. The summed E-state index contributed by atoms with van der Waals surface area (Å²) in [5.74, 6) is 1.43. The zero-order chi connectivity index (χ0) is 13.2. The van der Waals surface area contributed by atoms with Gasteiger partial charge in [-0.15, -0.1) is 0 Å². The van der Waals surface area contributed by atoms with Crippen LogP contribution in [0.15, 0.2) is 6.20 Å². The number of fused-ring (bicyclic) bond motifs is 1. The minimum Gasteiger partial charge on any atom is -0.368 e. The number of aromatic nitrogens is 4. The van der Waals surface area contributed by atoms with Crippen molar-refractivity contribution in [1.82, 2.24) is 25.1 Å². The number of hydrogen-bond acceptors (Lipinski definition) is 6. The van der Waals surface area contributed by atoms with Crippen LogP contribution in [-0.4, -0.2) is 58.3 Å². The third-order valence-corrected chi connectivity index (χ3v) is 3.71. The Morgan fingerprint density at radius 2 is 2.37 bits per heavy atom. The third-order valence-electron chi connectivity index (χ3n) is 3.71. The van der Waals surface area contributed by atoms with Crippen LogP contribution < -0.4 is 10.6 Å². The lowest BCUT2D eigenvalue weighted by Gasteiger charge is -2.20. The number of nitrogens with zero attached hydrogens (tertiary/aromatic N) is 4. The molecular formula is C12H19N7. The highest BCUT2D eigenvalue weighted by Gasteiger charge is 2.21. The van der Waals surface area contributed by atoms with E-state index in [1.54, 1.807) is 6.20 Å². The van der Waals surface area contributed by atoms with Gasteiger partial charge in [0, 0.05) is 19.6 Å². The second-order valence-corrected chi connectivity index (χ2v) is 4.94. The Bertz CT molecular complexity index is 564. The number of likely N-dealkylation sites (tertiary alicyclic amines) is 1. The monoisotopic (exact) mass is 261 g/mol. The van der Waals surface area contributed by atoms with Crippen LogP contribution in [0.2, 0.25) is 0 Å². The van der Waals surface area contributed by atoms with E-state index in [1.165, 1.54) is 19.4 Å². The summed E-state index contributed by atoms with van der Waals surface area (Å²) in [6, 6.07) is 0.579. The smallest absolute Gasteiger partial charge is 0.226 e. The summed E-state index contributed by atoms with van der Waals surface area (Å²) >= 11 is 0. The molecule has 0 bridgehead atoms. The highest BCUT2D eigenvalue weighted by molar-refractivity contribution is 5.86. The van der Waals surface area contributed by atoms with Crippen LogP contribution in [0.1, 0.15) is 12.8 Å². The molecule has 0 amide bonds. The molecule has 1 unspecified atom stereocenters. The van der Waals surface area contributed by atoms with E-state index in [9.17, 15) is 0 Å². The number of rotatable bonds is 4. The number of likely N-dealkylation sites (N-methyl/N-ethyl adjacent to an activating group) is 1. The second kappa shape index (κ2) is 5.00. The number of hydrogen-bond donors (Lipinski definition) is 3. The maximum atomic E-state index is 4.47. The minimum absolute atomic E-state index is 0.579. The molecule has 1 aliphatic heterocycles. The Morgan fingerprint density at radius 1 is 1.47 bits per heavy atom. The van der Waals surface area contributed by atoms with Crippen LogP contribution in [-0.2, 0) is 0 Å². The molecule has 19 heavy (non-hydrogen) atoms. The van der Waals surface area contributed by atoms with Gasteiger partial charge < -0.3 is 15.5 Å². The van der Waals surface area contributed by atoms with Gasteiger partial charge in [-0.3, -0.25) is 5.10 Å².